The van der Waals surface area contributed by atoms with Gasteiger partial charge in [0.1, 0.15) is 5.92 Å². The number of rotatable bonds is 4. The molecule has 0 saturated carbocycles. The molecule has 106 valence electrons. The summed E-state index contributed by atoms with van der Waals surface area (Å²) >= 11 is 2.69. The maximum atomic E-state index is 12.0. The van der Waals surface area contributed by atoms with Crippen LogP contribution in [0.1, 0.15) is 13.8 Å². The number of carbonyl (C=O) groups excluding carboxylic acids is 2. The van der Waals surface area contributed by atoms with Gasteiger partial charge < -0.3 is 5.32 Å². The summed E-state index contributed by atoms with van der Waals surface area (Å²) in [6.45, 7) is 7.86. The van der Waals surface area contributed by atoms with Gasteiger partial charge in [-0.05, 0) is 24.3 Å². The molecule has 0 bridgehead atoms. The highest BCUT2D eigenvalue weighted by molar-refractivity contribution is 8.18. The van der Waals surface area contributed by atoms with Crippen LogP contribution in [0.15, 0.2) is 33.1 Å². The predicted molar refractivity (Wildman–Crippen MR) is 85.0 cm³/mol. The second-order valence-electron chi connectivity index (χ2n) is 4.34. The van der Waals surface area contributed by atoms with Crippen LogP contribution in [-0.4, -0.2) is 34.3 Å². The molecule has 1 N–H and O–H groups in total. The quantitative estimate of drug-likeness (QED) is 0.806. The Morgan fingerprint density at radius 1 is 1.50 bits per heavy atom. The van der Waals surface area contributed by atoms with Crippen molar-refractivity contribution in [3.8, 4) is 0 Å². The number of hydrogen-bond donors (Lipinski definition) is 1. The summed E-state index contributed by atoms with van der Waals surface area (Å²) in [5.74, 6) is -0.431. The molecule has 2 aliphatic rings. The zero-order valence-electron chi connectivity index (χ0n) is 11.3. The van der Waals surface area contributed by atoms with Crippen LogP contribution < -0.4 is 5.32 Å². The number of amides is 2. The Kier molecular flexibility index (Phi) is 4.82. The van der Waals surface area contributed by atoms with E-state index < -0.39 is 0 Å². The fourth-order valence-corrected chi connectivity index (χ4v) is 3.63. The van der Waals surface area contributed by atoms with Crippen molar-refractivity contribution >= 4 is 45.5 Å². The summed E-state index contributed by atoms with van der Waals surface area (Å²) in [5.41, 5.74) is 1.02. The minimum absolute atomic E-state index is 0.128. The highest BCUT2D eigenvalue weighted by atomic mass is 32.2. The van der Waals surface area contributed by atoms with E-state index in [-0.39, 0.29) is 23.5 Å². The van der Waals surface area contributed by atoms with E-state index in [0.29, 0.717) is 11.7 Å². The molecule has 20 heavy (non-hydrogen) atoms. The molecule has 0 aliphatic carbocycles. The maximum absolute atomic E-state index is 12.0. The van der Waals surface area contributed by atoms with Gasteiger partial charge in [-0.25, -0.2) is 4.99 Å². The van der Waals surface area contributed by atoms with Crippen molar-refractivity contribution in [3.05, 3.63) is 23.1 Å². The number of amidine groups is 1. The fourth-order valence-electron chi connectivity index (χ4n) is 1.77. The van der Waals surface area contributed by atoms with Gasteiger partial charge in [0.2, 0.25) is 5.91 Å². The van der Waals surface area contributed by atoms with Gasteiger partial charge in [0.15, 0.2) is 5.17 Å². The van der Waals surface area contributed by atoms with E-state index in [9.17, 15) is 9.59 Å². The molecule has 0 aromatic heterocycles. The maximum Gasteiger partial charge on any atom is 0.262 e. The minimum Gasteiger partial charge on any atom is -0.352 e. The summed E-state index contributed by atoms with van der Waals surface area (Å²) in [6.07, 6.45) is 1.61. The monoisotopic (exact) mass is 309 g/mol. The molecule has 0 saturated heterocycles. The number of hydrogen-bond acceptors (Lipinski definition) is 5. The molecule has 0 aromatic carbocycles. The van der Waals surface area contributed by atoms with Crippen molar-refractivity contribution < 1.29 is 9.59 Å². The van der Waals surface area contributed by atoms with E-state index in [4.69, 9.17) is 0 Å². The van der Waals surface area contributed by atoms with E-state index in [0.717, 1.165) is 15.5 Å². The lowest BCUT2D eigenvalue weighted by Crippen LogP contribution is -2.27. The highest BCUT2D eigenvalue weighted by Gasteiger charge is 2.36. The second kappa shape index (κ2) is 6.41. The van der Waals surface area contributed by atoms with E-state index >= 15 is 0 Å². The Morgan fingerprint density at radius 2 is 2.25 bits per heavy atom. The summed E-state index contributed by atoms with van der Waals surface area (Å²) < 4.78 is 0. The summed E-state index contributed by atoms with van der Waals surface area (Å²) in [7, 11) is 0. The van der Waals surface area contributed by atoms with Crippen LogP contribution in [-0.2, 0) is 9.59 Å². The number of nitrogens with one attached hydrogen (secondary N) is 1. The van der Waals surface area contributed by atoms with Gasteiger partial charge in [-0.15, -0.1) is 6.58 Å². The van der Waals surface area contributed by atoms with Crippen LogP contribution in [0.5, 0.6) is 0 Å². The van der Waals surface area contributed by atoms with Crippen LogP contribution >= 0.6 is 23.5 Å². The lowest BCUT2D eigenvalue weighted by atomic mass is 10.0. The molecule has 1 unspecified atom stereocenters. The van der Waals surface area contributed by atoms with Gasteiger partial charge in [-0.3, -0.25) is 9.59 Å². The Balaban J connectivity index is 1.98. The third kappa shape index (κ3) is 3.21. The molecule has 7 heteroatoms. The smallest absolute Gasteiger partial charge is 0.262 e. The largest absolute Gasteiger partial charge is 0.352 e. The molecule has 5 nitrogen and oxygen atoms in total. The molecule has 0 fully saturated rings. The van der Waals surface area contributed by atoms with E-state index in [1.54, 1.807) is 6.08 Å². The van der Waals surface area contributed by atoms with E-state index in [1.165, 1.54) is 23.5 Å². The molecule has 2 aliphatic heterocycles. The lowest BCUT2D eigenvalue weighted by Gasteiger charge is -2.14. The zero-order chi connectivity index (χ0) is 14.7. The average molecular weight is 309 g/mol. The third-order valence-corrected chi connectivity index (χ3v) is 4.94. The van der Waals surface area contributed by atoms with Crippen molar-refractivity contribution in [2.45, 2.75) is 13.8 Å². The van der Waals surface area contributed by atoms with Crippen LogP contribution in [0, 0.1) is 5.92 Å². The topological polar surface area (TPSA) is 70.9 Å². The second-order valence-corrected chi connectivity index (χ2v) is 6.52. The Morgan fingerprint density at radius 3 is 2.95 bits per heavy atom. The molecule has 0 radical (unpaired) electrons. The molecule has 2 rings (SSSR count). The van der Waals surface area contributed by atoms with Crippen molar-refractivity contribution in [1.82, 2.24) is 5.32 Å². The van der Waals surface area contributed by atoms with Crippen molar-refractivity contribution in [1.29, 1.82) is 0 Å². The number of allylic oxidation sites excluding steroid dienone is 1. The number of nitrogens with zero attached hydrogens (tertiary/aromatic N) is 2. The normalized spacial score (nSPS) is 21.3. The number of carbonyl (C=O) groups is 2. The molecular formula is C13H15N3O2S2. The first-order valence-corrected chi connectivity index (χ1v) is 7.90. The van der Waals surface area contributed by atoms with Gasteiger partial charge in [-0.1, -0.05) is 29.6 Å². The van der Waals surface area contributed by atoms with Crippen LogP contribution in [0.2, 0.25) is 0 Å². The Bertz CT molecular complexity index is 564. The summed E-state index contributed by atoms with van der Waals surface area (Å²) in [6, 6.07) is 0. The van der Waals surface area contributed by atoms with Crippen LogP contribution in [0.3, 0.4) is 0 Å². The zero-order valence-corrected chi connectivity index (χ0v) is 12.9. The number of fused-ring (bicyclic) bond motifs is 1. The molecule has 0 spiro atoms. The summed E-state index contributed by atoms with van der Waals surface area (Å²) in [4.78, 5) is 32.9. The van der Waals surface area contributed by atoms with E-state index in [2.05, 4.69) is 21.9 Å². The first-order chi connectivity index (χ1) is 9.52. The number of thioether (sulfide) groups is 2. The third-order valence-electron chi connectivity index (χ3n) is 2.93. The van der Waals surface area contributed by atoms with Crippen LogP contribution in [0.25, 0.3) is 0 Å². The standard InChI is InChI=1S/C13H15N3O2S2/c1-4-5-14-9(17)6-19-13-15-11(18)10-7(2)8(3)20-12(10)16-13/h4,10H,1,5-6H2,2-3H3,(H,14,17). The lowest BCUT2D eigenvalue weighted by molar-refractivity contribution is -0.119. The van der Waals surface area contributed by atoms with Crippen LogP contribution in [0.4, 0.5) is 0 Å². The first-order valence-electron chi connectivity index (χ1n) is 6.09. The SMILES string of the molecule is C=CCNC(=O)CSC1=NC(=O)C2C(=N1)SC(C)=C2C. The highest BCUT2D eigenvalue weighted by Crippen LogP contribution is 2.40. The molecule has 0 aromatic rings. The Labute approximate surface area is 126 Å². The van der Waals surface area contributed by atoms with Gasteiger partial charge in [0.05, 0.1) is 10.8 Å². The molecule has 2 amide bonds. The van der Waals surface area contributed by atoms with Gasteiger partial charge in [-0.2, -0.15) is 4.99 Å². The van der Waals surface area contributed by atoms with Crippen molar-refractivity contribution in [3.63, 3.8) is 0 Å². The summed E-state index contributed by atoms with van der Waals surface area (Å²) in [5, 5.41) is 3.80. The van der Waals surface area contributed by atoms with Gasteiger partial charge in [0, 0.05) is 6.54 Å². The van der Waals surface area contributed by atoms with Crippen molar-refractivity contribution in [2.24, 2.45) is 15.9 Å². The first kappa shape index (κ1) is 15.1. The predicted octanol–water partition coefficient (Wildman–Crippen LogP) is 1.97. The van der Waals surface area contributed by atoms with Crippen molar-refractivity contribution in [2.75, 3.05) is 12.3 Å². The van der Waals surface area contributed by atoms with Gasteiger partial charge in [0.25, 0.3) is 5.91 Å². The Hall–Kier alpha value is -1.34. The fraction of sp³-hybridized carbons (Fsp3) is 0.385. The minimum atomic E-state index is -0.307. The molecular weight excluding hydrogens is 294 g/mol. The number of aliphatic imine (C=N–C) groups is 2. The molecule has 2 heterocycles. The van der Waals surface area contributed by atoms with Gasteiger partial charge >= 0.3 is 0 Å². The average Bonchev–Trinajstić information content (AvgIpc) is 2.69. The van der Waals surface area contributed by atoms with E-state index in [1.807, 2.05) is 13.8 Å². The molecule has 1 atom stereocenters.